The van der Waals surface area contributed by atoms with Crippen LogP contribution in [0, 0.1) is 0 Å². The molecule has 0 unspecified atom stereocenters. The Balaban J connectivity index is 2.01. The highest BCUT2D eigenvalue weighted by Gasteiger charge is 2.27. The van der Waals surface area contributed by atoms with Gasteiger partial charge < -0.3 is 15.0 Å². The Bertz CT molecular complexity index is 581. The number of allylic oxidation sites excluding steroid dienone is 1. The molecule has 1 aromatic rings. The molecule has 5 nitrogen and oxygen atoms in total. The number of hydrogen-bond donors (Lipinski definition) is 1. The highest BCUT2D eigenvalue weighted by molar-refractivity contribution is 5.95. The summed E-state index contributed by atoms with van der Waals surface area (Å²) < 4.78 is 5.17. The molecule has 1 saturated heterocycles. The molecular formula is C16H20N2O3. The van der Waals surface area contributed by atoms with Crippen molar-refractivity contribution in [2.24, 2.45) is 0 Å². The van der Waals surface area contributed by atoms with Gasteiger partial charge in [0.1, 0.15) is 5.75 Å². The van der Waals surface area contributed by atoms with Crippen LogP contribution in [0.4, 0.5) is 0 Å². The number of likely N-dealkylation sites (tertiary alicyclic amines) is 1. The molecule has 0 aliphatic carbocycles. The van der Waals surface area contributed by atoms with Crippen LogP contribution < -0.4 is 10.1 Å². The minimum Gasteiger partial charge on any atom is -0.497 e. The number of benzene rings is 1. The molecule has 1 aromatic carbocycles. The molecule has 21 heavy (non-hydrogen) atoms. The molecule has 0 saturated carbocycles. The zero-order valence-electron chi connectivity index (χ0n) is 12.6. The monoisotopic (exact) mass is 288 g/mol. The normalized spacial score (nSPS) is 18.8. The molecule has 0 bridgehead atoms. The second-order valence-corrected chi connectivity index (χ2v) is 5.24. The third-order valence-corrected chi connectivity index (χ3v) is 3.56. The van der Waals surface area contributed by atoms with Crippen LogP contribution in [-0.2, 0) is 9.59 Å². The Morgan fingerprint density at radius 3 is 2.86 bits per heavy atom. The van der Waals surface area contributed by atoms with Gasteiger partial charge in [-0.2, -0.15) is 0 Å². The average Bonchev–Trinajstić information content (AvgIpc) is 2.77. The molecule has 1 atom stereocenters. The van der Waals surface area contributed by atoms with Crippen molar-refractivity contribution in [3.8, 4) is 5.75 Å². The maximum atomic E-state index is 12.0. The first-order valence-corrected chi connectivity index (χ1v) is 6.87. The number of carbonyl (C=O) groups excluding carboxylic acids is 2. The average molecular weight is 288 g/mol. The van der Waals surface area contributed by atoms with E-state index in [1.807, 2.05) is 31.2 Å². The summed E-state index contributed by atoms with van der Waals surface area (Å²) in [4.78, 5) is 25.1. The van der Waals surface area contributed by atoms with Crippen LogP contribution in [0.3, 0.4) is 0 Å². The summed E-state index contributed by atoms with van der Waals surface area (Å²) in [6.45, 7) is 2.44. The summed E-state index contributed by atoms with van der Waals surface area (Å²) in [6, 6.07) is 7.44. The highest BCUT2D eigenvalue weighted by atomic mass is 16.5. The third-order valence-electron chi connectivity index (χ3n) is 3.56. The number of ether oxygens (including phenoxy) is 1. The van der Waals surface area contributed by atoms with Gasteiger partial charge in [-0.25, -0.2) is 0 Å². The van der Waals surface area contributed by atoms with Crippen molar-refractivity contribution in [1.29, 1.82) is 0 Å². The molecule has 112 valence electrons. The van der Waals surface area contributed by atoms with Crippen LogP contribution in [0.25, 0.3) is 5.57 Å². The summed E-state index contributed by atoms with van der Waals surface area (Å²) in [5.74, 6) is 0.640. The molecule has 1 aliphatic rings. The van der Waals surface area contributed by atoms with Crippen LogP contribution in [-0.4, -0.2) is 43.5 Å². The molecule has 2 amide bonds. The summed E-state index contributed by atoms with van der Waals surface area (Å²) in [7, 11) is 3.35. The zero-order valence-corrected chi connectivity index (χ0v) is 12.6. The van der Waals surface area contributed by atoms with Gasteiger partial charge in [-0.3, -0.25) is 9.59 Å². The topological polar surface area (TPSA) is 58.6 Å². The van der Waals surface area contributed by atoms with E-state index in [1.165, 1.54) is 0 Å². The number of nitrogens with zero attached hydrogens (tertiary/aromatic N) is 1. The Hall–Kier alpha value is -2.30. The van der Waals surface area contributed by atoms with E-state index in [0.717, 1.165) is 16.9 Å². The van der Waals surface area contributed by atoms with Crippen LogP contribution in [0.15, 0.2) is 30.3 Å². The zero-order chi connectivity index (χ0) is 15.4. The fourth-order valence-electron chi connectivity index (χ4n) is 2.35. The number of rotatable bonds is 4. The van der Waals surface area contributed by atoms with Crippen LogP contribution in [0.2, 0.25) is 0 Å². The number of carbonyl (C=O) groups is 2. The van der Waals surface area contributed by atoms with E-state index in [0.29, 0.717) is 13.0 Å². The minimum absolute atomic E-state index is 0.0637. The number of methoxy groups -OCH3 is 1. The SMILES string of the molecule is COc1cccc(/C(C)=C/C(=O)N[C@H]2CC(=O)N(C)C2)c1. The first kappa shape index (κ1) is 15.1. The number of hydrogen-bond acceptors (Lipinski definition) is 3. The van der Waals surface area contributed by atoms with Crippen LogP contribution in [0.1, 0.15) is 18.9 Å². The summed E-state index contributed by atoms with van der Waals surface area (Å²) in [6.07, 6.45) is 1.92. The van der Waals surface area contributed by atoms with E-state index in [1.54, 1.807) is 25.1 Å². The van der Waals surface area contributed by atoms with Crippen molar-refractivity contribution in [3.05, 3.63) is 35.9 Å². The Kier molecular flexibility index (Phi) is 4.62. The maximum Gasteiger partial charge on any atom is 0.244 e. The third kappa shape index (κ3) is 3.84. The van der Waals surface area contributed by atoms with Gasteiger partial charge >= 0.3 is 0 Å². The highest BCUT2D eigenvalue weighted by Crippen LogP contribution is 2.19. The van der Waals surface area contributed by atoms with Gasteiger partial charge in [0.2, 0.25) is 11.8 Å². The molecule has 1 heterocycles. The predicted octanol–water partition coefficient (Wildman–Crippen LogP) is 1.45. The molecule has 0 aromatic heterocycles. The minimum atomic E-state index is -0.177. The number of likely N-dealkylation sites (N-methyl/N-ethyl adjacent to an activating group) is 1. The first-order chi connectivity index (χ1) is 9.99. The molecule has 2 rings (SSSR count). The van der Waals surface area contributed by atoms with E-state index in [-0.39, 0.29) is 17.9 Å². The largest absolute Gasteiger partial charge is 0.497 e. The van der Waals surface area contributed by atoms with Gasteiger partial charge in [0, 0.05) is 26.1 Å². The van der Waals surface area contributed by atoms with Crippen molar-refractivity contribution in [1.82, 2.24) is 10.2 Å². The Morgan fingerprint density at radius 2 is 2.24 bits per heavy atom. The van der Waals surface area contributed by atoms with E-state index >= 15 is 0 Å². The molecule has 1 N–H and O–H groups in total. The number of amides is 2. The van der Waals surface area contributed by atoms with Crippen LogP contribution in [0.5, 0.6) is 5.75 Å². The second-order valence-electron chi connectivity index (χ2n) is 5.24. The molecule has 1 aliphatic heterocycles. The molecule has 5 heteroatoms. The molecular weight excluding hydrogens is 268 g/mol. The lowest BCUT2D eigenvalue weighted by atomic mass is 10.1. The Labute approximate surface area is 124 Å². The molecule has 1 fully saturated rings. The van der Waals surface area contributed by atoms with Gasteiger partial charge in [-0.1, -0.05) is 12.1 Å². The lowest BCUT2D eigenvalue weighted by molar-refractivity contribution is -0.126. The van der Waals surface area contributed by atoms with E-state index < -0.39 is 0 Å². The van der Waals surface area contributed by atoms with E-state index in [9.17, 15) is 9.59 Å². The predicted molar refractivity (Wildman–Crippen MR) is 80.8 cm³/mol. The molecule has 0 spiro atoms. The summed E-state index contributed by atoms with van der Waals surface area (Å²) >= 11 is 0. The van der Waals surface area contributed by atoms with Crippen LogP contribution >= 0.6 is 0 Å². The lowest BCUT2D eigenvalue weighted by Gasteiger charge is -2.11. The standard InChI is InChI=1S/C16H20N2O3/c1-11(12-5-4-6-14(8-12)21-3)7-15(19)17-13-9-16(20)18(2)10-13/h4-8,13H,9-10H2,1-3H3,(H,17,19)/b11-7+/t13-/m0/s1. The number of nitrogens with one attached hydrogen (secondary N) is 1. The van der Waals surface area contributed by atoms with Gasteiger partial charge in [-0.05, 0) is 30.2 Å². The van der Waals surface area contributed by atoms with Gasteiger partial charge in [0.25, 0.3) is 0 Å². The Morgan fingerprint density at radius 1 is 1.48 bits per heavy atom. The van der Waals surface area contributed by atoms with Crippen molar-refractivity contribution in [2.75, 3.05) is 20.7 Å². The van der Waals surface area contributed by atoms with Crippen molar-refractivity contribution < 1.29 is 14.3 Å². The maximum absolute atomic E-state index is 12.0. The van der Waals surface area contributed by atoms with Gasteiger partial charge in [0.05, 0.1) is 13.2 Å². The lowest BCUT2D eigenvalue weighted by Crippen LogP contribution is -2.35. The van der Waals surface area contributed by atoms with Crippen molar-refractivity contribution in [3.63, 3.8) is 0 Å². The van der Waals surface area contributed by atoms with E-state index in [2.05, 4.69) is 5.32 Å². The van der Waals surface area contributed by atoms with Gasteiger partial charge in [-0.15, -0.1) is 0 Å². The van der Waals surface area contributed by atoms with E-state index in [4.69, 9.17) is 4.74 Å². The van der Waals surface area contributed by atoms with Gasteiger partial charge in [0.15, 0.2) is 0 Å². The second kappa shape index (κ2) is 6.43. The molecule has 0 radical (unpaired) electrons. The quantitative estimate of drug-likeness (QED) is 0.853. The van der Waals surface area contributed by atoms with Crippen molar-refractivity contribution >= 4 is 17.4 Å². The smallest absolute Gasteiger partial charge is 0.244 e. The fraction of sp³-hybridized carbons (Fsp3) is 0.375. The summed E-state index contributed by atoms with van der Waals surface area (Å²) in [5, 5.41) is 2.86. The first-order valence-electron chi connectivity index (χ1n) is 6.87. The van der Waals surface area contributed by atoms with Crippen molar-refractivity contribution in [2.45, 2.75) is 19.4 Å². The summed E-state index contributed by atoms with van der Waals surface area (Å²) in [5.41, 5.74) is 1.79. The fourth-order valence-corrected chi connectivity index (χ4v) is 2.35.